The molecule has 1 aromatic heterocycles. The summed E-state index contributed by atoms with van der Waals surface area (Å²) in [5, 5.41) is 14.8. The van der Waals surface area contributed by atoms with Gasteiger partial charge in [-0.3, -0.25) is 0 Å². The fourth-order valence-electron chi connectivity index (χ4n) is 2.14. The van der Waals surface area contributed by atoms with E-state index in [1.807, 2.05) is 4.57 Å². The number of aryl methyl sites for hydroxylation is 1. The number of aromatic nitrogens is 3. The molecule has 7 heteroatoms. The minimum Gasteiger partial charge on any atom is -0.357 e. The highest BCUT2D eigenvalue weighted by Gasteiger charge is 2.06. The van der Waals surface area contributed by atoms with E-state index in [0.717, 1.165) is 24.9 Å². The van der Waals surface area contributed by atoms with E-state index in [1.54, 1.807) is 6.33 Å². The molecule has 0 fully saturated rings. The molecule has 0 spiro atoms. The molecule has 1 rings (SSSR count). The molecule has 0 aliphatic carbocycles. The first-order chi connectivity index (χ1) is 10.2. The quantitative estimate of drug-likeness (QED) is 0.278. The Morgan fingerprint density at radius 2 is 2.09 bits per heavy atom. The molecule has 0 aliphatic heterocycles. The molecule has 0 bridgehead atoms. The van der Waals surface area contributed by atoms with Crippen LogP contribution < -0.4 is 10.6 Å². The summed E-state index contributed by atoms with van der Waals surface area (Å²) in [5.41, 5.74) is 0. The molecule has 1 heterocycles. The van der Waals surface area contributed by atoms with E-state index in [2.05, 4.69) is 53.5 Å². The zero-order valence-electron chi connectivity index (χ0n) is 14.3. The minimum absolute atomic E-state index is 0. The Bertz CT molecular complexity index is 418. The Kier molecular flexibility index (Phi) is 12.2. The van der Waals surface area contributed by atoms with Crippen molar-refractivity contribution in [1.29, 1.82) is 0 Å². The number of halogens is 1. The number of nitrogens with zero attached hydrogens (tertiary/aromatic N) is 4. The van der Waals surface area contributed by atoms with Crippen molar-refractivity contribution < 1.29 is 0 Å². The van der Waals surface area contributed by atoms with Crippen LogP contribution in [-0.2, 0) is 13.1 Å². The van der Waals surface area contributed by atoms with Gasteiger partial charge in [0.05, 0.1) is 0 Å². The molecule has 128 valence electrons. The van der Waals surface area contributed by atoms with Crippen LogP contribution in [0.3, 0.4) is 0 Å². The number of guanidine groups is 1. The van der Waals surface area contributed by atoms with Gasteiger partial charge in [-0.2, -0.15) is 0 Å². The molecule has 0 aliphatic rings. The number of hydrogen-bond acceptors (Lipinski definition) is 3. The number of aliphatic imine (C=N–C) groups is 1. The number of hydrogen-bond donors (Lipinski definition) is 2. The van der Waals surface area contributed by atoms with Gasteiger partial charge in [0.2, 0.25) is 0 Å². The van der Waals surface area contributed by atoms with Crippen molar-refractivity contribution in [3.05, 3.63) is 12.2 Å². The molecule has 0 amide bonds. The van der Waals surface area contributed by atoms with E-state index in [-0.39, 0.29) is 24.0 Å². The van der Waals surface area contributed by atoms with Gasteiger partial charge in [-0.05, 0) is 27.2 Å². The zero-order valence-corrected chi connectivity index (χ0v) is 16.6. The Morgan fingerprint density at radius 1 is 1.32 bits per heavy atom. The highest BCUT2D eigenvalue weighted by molar-refractivity contribution is 14.0. The van der Waals surface area contributed by atoms with Gasteiger partial charge in [-0.1, -0.05) is 26.2 Å². The van der Waals surface area contributed by atoms with E-state index < -0.39 is 0 Å². The van der Waals surface area contributed by atoms with E-state index in [1.165, 1.54) is 25.7 Å². The lowest BCUT2D eigenvalue weighted by Gasteiger charge is -2.17. The maximum atomic E-state index is 4.60. The van der Waals surface area contributed by atoms with Crippen LogP contribution in [0.25, 0.3) is 0 Å². The third kappa shape index (κ3) is 7.95. The highest BCUT2D eigenvalue weighted by atomic mass is 127. The Hall–Kier alpha value is -0.860. The van der Waals surface area contributed by atoms with Crippen LogP contribution >= 0.6 is 24.0 Å². The lowest BCUT2D eigenvalue weighted by molar-refractivity contribution is 0.546. The van der Waals surface area contributed by atoms with Crippen molar-refractivity contribution in [3.63, 3.8) is 0 Å². The second kappa shape index (κ2) is 12.7. The van der Waals surface area contributed by atoms with Crippen LogP contribution in [0.5, 0.6) is 0 Å². The highest BCUT2D eigenvalue weighted by Crippen LogP contribution is 2.03. The number of rotatable bonds is 9. The topological polar surface area (TPSA) is 67.1 Å². The summed E-state index contributed by atoms with van der Waals surface area (Å²) in [6.45, 7) is 10.9. The molecule has 1 aromatic rings. The van der Waals surface area contributed by atoms with Crippen LogP contribution in [-0.4, -0.2) is 33.3 Å². The first kappa shape index (κ1) is 21.1. The van der Waals surface area contributed by atoms with Crippen molar-refractivity contribution in [2.75, 3.05) is 6.54 Å². The molecule has 0 saturated heterocycles. The van der Waals surface area contributed by atoms with E-state index in [4.69, 9.17) is 0 Å². The van der Waals surface area contributed by atoms with Gasteiger partial charge in [0.25, 0.3) is 0 Å². The summed E-state index contributed by atoms with van der Waals surface area (Å²) >= 11 is 0. The maximum absolute atomic E-state index is 4.60. The van der Waals surface area contributed by atoms with Crippen molar-refractivity contribution in [3.8, 4) is 0 Å². The molecule has 1 unspecified atom stereocenters. The standard InChI is InChI=1S/C15H30N6.HI/c1-5-8-9-10-13(4)19-15(16-6-2)17-11-14-20-18-12-21(14)7-3;/h12-13H,5-11H2,1-4H3,(H2,16,17,19);1H. The van der Waals surface area contributed by atoms with Crippen molar-refractivity contribution in [1.82, 2.24) is 25.4 Å². The van der Waals surface area contributed by atoms with Gasteiger partial charge < -0.3 is 15.2 Å². The SMILES string of the molecule is CCCCCC(C)NC(=NCc1nncn1CC)NCC.I. The average Bonchev–Trinajstić information content (AvgIpc) is 2.92. The maximum Gasteiger partial charge on any atom is 0.191 e. The Morgan fingerprint density at radius 3 is 2.73 bits per heavy atom. The van der Waals surface area contributed by atoms with Crippen LogP contribution in [0.1, 0.15) is 59.2 Å². The van der Waals surface area contributed by atoms with Crippen LogP contribution in [0.2, 0.25) is 0 Å². The minimum atomic E-state index is 0. The lowest BCUT2D eigenvalue weighted by Crippen LogP contribution is -2.42. The van der Waals surface area contributed by atoms with Gasteiger partial charge in [-0.15, -0.1) is 34.2 Å². The zero-order chi connectivity index (χ0) is 15.5. The smallest absolute Gasteiger partial charge is 0.191 e. The molecule has 0 radical (unpaired) electrons. The van der Waals surface area contributed by atoms with Crippen LogP contribution in [0.15, 0.2) is 11.3 Å². The van der Waals surface area contributed by atoms with Crippen molar-refractivity contribution in [2.24, 2.45) is 4.99 Å². The fraction of sp³-hybridized carbons (Fsp3) is 0.800. The predicted molar refractivity (Wildman–Crippen MR) is 103 cm³/mol. The first-order valence-corrected chi connectivity index (χ1v) is 8.12. The average molecular weight is 422 g/mol. The molecule has 0 aromatic carbocycles. The summed E-state index contributed by atoms with van der Waals surface area (Å²) in [6.07, 6.45) is 6.73. The largest absolute Gasteiger partial charge is 0.357 e. The van der Waals surface area contributed by atoms with Crippen molar-refractivity contribution >= 4 is 29.9 Å². The molecule has 2 N–H and O–H groups in total. The number of nitrogens with one attached hydrogen (secondary N) is 2. The predicted octanol–water partition coefficient (Wildman–Crippen LogP) is 2.94. The van der Waals surface area contributed by atoms with Gasteiger partial charge in [0.15, 0.2) is 11.8 Å². The van der Waals surface area contributed by atoms with E-state index >= 15 is 0 Å². The molecular formula is C15H31IN6. The Labute approximate surface area is 151 Å². The van der Waals surface area contributed by atoms with Gasteiger partial charge >= 0.3 is 0 Å². The van der Waals surface area contributed by atoms with Gasteiger partial charge in [-0.25, -0.2) is 4.99 Å². The fourth-order valence-corrected chi connectivity index (χ4v) is 2.14. The summed E-state index contributed by atoms with van der Waals surface area (Å²) < 4.78 is 2.01. The summed E-state index contributed by atoms with van der Waals surface area (Å²) in [6, 6.07) is 0.429. The van der Waals surface area contributed by atoms with Crippen molar-refractivity contribution in [2.45, 2.75) is 72.5 Å². The van der Waals surface area contributed by atoms with Crippen LogP contribution in [0.4, 0.5) is 0 Å². The van der Waals surface area contributed by atoms with E-state index in [0.29, 0.717) is 12.6 Å². The molecule has 22 heavy (non-hydrogen) atoms. The number of unbranched alkanes of at least 4 members (excludes halogenated alkanes) is 2. The lowest BCUT2D eigenvalue weighted by atomic mass is 10.1. The van der Waals surface area contributed by atoms with Crippen LogP contribution in [0, 0.1) is 0 Å². The summed E-state index contributed by atoms with van der Waals surface area (Å²) in [7, 11) is 0. The van der Waals surface area contributed by atoms with E-state index in [9.17, 15) is 0 Å². The molecular weight excluding hydrogens is 391 g/mol. The summed E-state index contributed by atoms with van der Waals surface area (Å²) in [4.78, 5) is 4.60. The second-order valence-corrected chi connectivity index (χ2v) is 5.27. The molecule has 0 saturated carbocycles. The first-order valence-electron chi connectivity index (χ1n) is 8.12. The van der Waals surface area contributed by atoms with Gasteiger partial charge in [0.1, 0.15) is 12.9 Å². The monoisotopic (exact) mass is 422 g/mol. The Balaban J connectivity index is 0.00000441. The normalized spacial score (nSPS) is 12.6. The second-order valence-electron chi connectivity index (χ2n) is 5.27. The molecule has 6 nitrogen and oxygen atoms in total. The van der Waals surface area contributed by atoms with Gasteiger partial charge in [0, 0.05) is 19.1 Å². The third-order valence-electron chi connectivity index (χ3n) is 3.38. The molecule has 1 atom stereocenters. The third-order valence-corrected chi connectivity index (χ3v) is 3.38. The summed E-state index contributed by atoms with van der Waals surface area (Å²) in [5.74, 6) is 1.75.